The lowest BCUT2D eigenvalue weighted by Gasteiger charge is -2.30. The van der Waals surface area contributed by atoms with Crippen LogP contribution in [-0.2, 0) is 16.0 Å². The zero-order chi connectivity index (χ0) is 11.2. The summed E-state index contributed by atoms with van der Waals surface area (Å²) in [5.41, 5.74) is 1.05. The molecule has 3 rings (SSSR count). The van der Waals surface area contributed by atoms with Gasteiger partial charge in [0, 0.05) is 17.5 Å². The number of hydrogen-bond acceptors (Lipinski definition) is 4. The van der Waals surface area contributed by atoms with E-state index in [-0.39, 0.29) is 12.2 Å². The standard InChI is InChI=1S/C11H13NO3S/c13-10(14)11(4-8-5-12-6-16-8)3-7-1-2-9(11)15-7/h5-7,9H,1-4H2,(H,13,14). The molecule has 5 heteroatoms. The highest BCUT2D eigenvalue weighted by atomic mass is 32.1. The van der Waals surface area contributed by atoms with Gasteiger partial charge in [-0.3, -0.25) is 9.78 Å². The molecule has 1 N–H and O–H groups in total. The summed E-state index contributed by atoms with van der Waals surface area (Å²) in [4.78, 5) is 16.6. The minimum Gasteiger partial charge on any atom is -0.481 e. The first-order chi connectivity index (χ1) is 7.71. The summed E-state index contributed by atoms with van der Waals surface area (Å²) in [6.45, 7) is 0. The molecule has 0 aliphatic carbocycles. The number of carboxylic acid groups (broad SMARTS) is 1. The third-order valence-electron chi connectivity index (χ3n) is 3.71. The van der Waals surface area contributed by atoms with Crippen LogP contribution in [0.2, 0.25) is 0 Å². The number of aliphatic carboxylic acids is 1. The van der Waals surface area contributed by atoms with Crippen LogP contribution in [0.1, 0.15) is 24.1 Å². The number of thiazole rings is 1. The average molecular weight is 239 g/mol. The molecule has 2 saturated heterocycles. The van der Waals surface area contributed by atoms with Crippen LogP contribution in [-0.4, -0.2) is 28.3 Å². The van der Waals surface area contributed by atoms with Gasteiger partial charge in [0.05, 0.1) is 17.7 Å². The molecule has 0 saturated carbocycles. The predicted molar refractivity (Wildman–Crippen MR) is 58.4 cm³/mol. The second-order valence-electron chi connectivity index (χ2n) is 4.63. The van der Waals surface area contributed by atoms with Gasteiger partial charge in [-0.2, -0.15) is 0 Å². The molecule has 3 unspecified atom stereocenters. The van der Waals surface area contributed by atoms with Crippen LogP contribution < -0.4 is 0 Å². The number of hydrogen-bond donors (Lipinski definition) is 1. The van der Waals surface area contributed by atoms with E-state index in [9.17, 15) is 9.90 Å². The molecule has 1 aromatic heterocycles. The molecule has 2 fully saturated rings. The lowest BCUT2D eigenvalue weighted by molar-refractivity contribution is -0.152. The largest absolute Gasteiger partial charge is 0.481 e. The van der Waals surface area contributed by atoms with Crippen molar-refractivity contribution in [1.82, 2.24) is 4.98 Å². The summed E-state index contributed by atoms with van der Waals surface area (Å²) in [5.74, 6) is -0.715. The molecule has 4 nitrogen and oxygen atoms in total. The summed E-state index contributed by atoms with van der Waals surface area (Å²) in [6, 6.07) is 0. The molecule has 3 heterocycles. The van der Waals surface area contributed by atoms with Crippen molar-refractivity contribution in [2.45, 2.75) is 37.9 Å². The number of carboxylic acids is 1. The molecule has 2 aliphatic rings. The number of nitrogens with zero attached hydrogens (tertiary/aromatic N) is 1. The molecule has 3 atom stereocenters. The van der Waals surface area contributed by atoms with Gasteiger partial charge in [-0.15, -0.1) is 11.3 Å². The summed E-state index contributed by atoms with van der Waals surface area (Å²) < 4.78 is 5.70. The Kier molecular flexibility index (Phi) is 2.26. The maximum Gasteiger partial charge on any atom is 0.312 e. The lowest BCUT2D eigenvalue weighted by atomic mass is 9.71. The minimum atomic E-state index is -0.715. The Labute approximate surface area is 97.3 Å². The fraction of sp³-hybridized carbons (Fsp3) is 0.636. The Morgan fingerprint density at radius 2 is 2.56 bits per heavy atom. The lowest BCUT2D eigenvalue weighted by Crippen LogP contribution is -2.42. The molecular formula is C11H13NO3S. The summed E-state index contributed by atoms with van der Waals surface area (Å²) >= 11 is 1.52. The molecule has 2 bridgehead atoms. The van der Waals surface area contributed by atoms with Crippen molar-refractivity contribution in [2.75, 3.05) is 0 Å². The molecule has 1 aromatic rings. The molecule has 0 amide bonds. The number of rotatable bonds is 3. The first kappa shape index (κ1) is 10.2. The van der Waals surface area contributed by atoms with E-state index in [1.165, 1.54) is 11.3 Å². The average Bonchev–Trinajstić information content (AvgIpc) is 2.92. The van der Waals surface area contributed by atoms with Gasteiger partial charge >= 0.3 is 5.97 Å². The van der Waals surface area contributed by atoms with E-state index in [0.29, 0.717) is 12.8 Å². The number of aromatic nitrogens is 1. The van der Waals surface area contributed by atoms with Crippen molar-refractivity contribution in [3.63, 3.8) is 0 Å². The highest BCUT2D eigenvalue weighted by Gasteiger charge is 2.57. The fourth-order valence-electron chi connectivity index (χ4n) is 2.93. The van der Waals surface area contributed by atoms with Crippen molar-refractivity contribution in [2.24, 2.45) is 5.41 Å². The van der Waals surface area contributed by atoms with Gasteiger partial charge in [-0.1, -0.05) is 0 Å². The molecule has 86 valence electrons. The third-order valence-corrected chi connectivity index (χ3v) is 4.49. The van der Waals surface area contributed by atoms with Crippen LogP contribution in [0.3, 0.4) is 0 Å². The van der Waals surface area contributed by atoms with Crippen molar-refractivity contribution < 1.29 is 14.6 Å². The molecule has 0 spiro atoms. The maximum absolute atomic E-state index is 11.5. The monoisotopic (exact) mass is 239 g/mol. The quantitative estimate of drug-likeness (QED) is 0.872. The summed E-state index contributed by atoms with van der Waals surface area (Å²) in [5, 5.41) is 9.49. The second kappa shape index (κ2) is 3.53. The van der Waals surface area contributed by atoms with Crippen molar-refractivity contribution in [1.29, 1.82) is 0 Å². The van der Waals surface area contributed by atoms with Crippen LogP contribution in [0.25, 0.3) is 0 Å². The zero-order valence-corrected chi connectivity index (χ0v) is 9.57. The number of carbonyl (C=O) groups is 1. The Hall–Kier alpha value is -0.940. The van der Waals surface area contributed by atoms with Gasteiger partial charge in [0.15, 0.2) is 0 Å². The molecule has 0 radical (unpaired) electrons. The van der Waals surface area contributed by atoms with E-state index < -0.39 is 11.4 Å². The Bertz CT molecular complexity index is 405. The SMILES string of the molecule is O=C(O)C1(Cc2cncs2)CC2CCC1O2. The highest BCUT2D eigenvalue weighted by molar-refractivity contribution is 7.09. The third kappa shape index (κ3) is 1.38. The van der Waals surface area contributed by atoms with Crippen LogP contribution in [0.15, 0.2) is 11.7 Å². The van der Waals surface area contributed by atoms with Crippen molar-refractivity contribution in [3.05, 3.63) is 16.6 Å². The topological polar surface area (TPSA) is 59.4 Å². The van der Waals surface area contributed by atoms with Gasteiger partial charge in [0.2, 0.25) is 0 Å². The molecule has 16 heavy (non-hydrogen) atoms. The van der Waals surface area contributed by atoms with Crippen molar-refractivity contribution in [3.8, 4) is 0 Å². The van der Waals surface area contributed by atoms with E-state index >= 15 is 0 Å². The Morgan fingerprint density at radius 3 is 3.06 bits per heavy atom. The maximum atomic E-state index is 11.5. The van der Waals surface area contributed by atoms with Crippen LogP contribution in [0.5, 0.6) is 0 Å². The number of fused-ring (bicyclic) bond motifs is 2. The van der Waals surface area contributed by atoms with Gasteiger partial charge in [-0.25, -0.2) is 0 Å². The Balaban J connectivity index is 1.89. The van der Waals surface area contributed by atoms with E-state index in [4.69, 9.17) is 4.74 Å². The van der Waals surface area contributed by atoms with Gasteiger partial charge in [0.25, 0.3) is 0 Å². The van der Waals surface area contributed by atoms with Crippen LogP contribution >= 0.6 is 11.3 Å². The van der Waals surface area contributed by atoms with Gasteiger partial charge in [-0.05, 0) is 19.3 Å². The normalized spacial score (nSPS) is 36.8. The van der Waals surface area contributed by atoms with Crippen LogP contribution in [0.4, 0.5) is 0 Å². The zero-order valence-electron chi connectivity index (χ0n) is 8.76. The first-order valence-corrected chi connectivity index (χ1v) is 6.35. The Morgan fingerprint density at radius 1 is 1.69 bits per heavy atom. The van der Waals surface area contributed by atoms with Crippen molar-refractivity contribution >= 4 is 17.3 Å². The van der Waals surface area contributed by atoms with E-state index in [1.807, 2.05) is 0 Å². The van der Waals surface area contributed by atoms with E-state index in [1.54, 1.807) is 11.7 Å². The first-order valence-electron chi connectivity index (χ1n) is 5.47. The predicted octanol–water partition coefficient (Wildman–Crippen LogP) is 1.71. The fourth-order valence-corrected chi connectivity index (χ4v) is 3.65. The van der Waals surface area contributed by atoms with Gasteiger partial charge in [0.1, 0.15) is 5.41 Å². The summed E-state index contributed by atoms with van der Waals surface area (Å²) in [6.07, 6.45) is 4.95. The summed E-state index contributed by atoms with van der Waals surface area (Å²) in [7, 11) is 0. The van der Waals surface area contributed by atoms with E-state index in [2.05, 4.69) is 4.98 Å². The number of ether oxygens (including phenoxy) is 1. The van der Waals surface area contributed by atoms with Crippen LogP contribution in [0, 0.1) is 5.41 Å². The van der Waals surface area contributed by atoms with E-state index in [0.717, 1.165) is 17.7 Å². The minimum absolute atomic E-state index is 0.0999. The van der Waals surface area contributed by atoms with Gasteiger partial charge < -0.3 is 9.84 Å². The second-order valence-corrected chi connectivity index (χ2v) is 5.60. The molecule has 2 aliphatic heterocycles. The molecular weight excluding hydrogens is 226 g/mol. The smallest absolute Gasteiger partial charge is 0.312 e. The highest BCUT2D eigenvalue weighted by Crippen LogP contribution is 2.50. The molecule has 0 aromatic carbocycles.